The maximum atomic E-state index is 12.6. The van der Waals surface area contributed by atoms with Crippen LogP contribution in [0.2, 0.25) is 0 Å². The van der Waals surface area contributed by atoms with Crippen molar-refractivity contribution in [2.45, 2.75) is 180 Å². The van der Waals surface area contributed by atoms with Crippen LogP contribution in [-0.4, -0.2) is 66.3 Å². The molecule has 0 fully saturated rings. The molecular weight excluding hydrogens is 679 g/mol. The Morgan fingerprint density at radius 3 is 1.63 bits per heavy atom. The molecule has 52 heavy (non-hydrogen) atoms. The number of allylic oxidation sites excluding steroid dienone is 8. The van der Waals surface area contributed by atoms with Crippen LogP contribution < -0.4 is 0 Å². The van der Waals surface area contributed by atoms with E-state index in [-0.39, 0.29) is 19.6 Å². The summed E-state index contributed by atoms with van der Waals surface area (Å²) in [4.78, 5) is 22.5. The predicted molar refractivity (Wildman–Crippen MR) is 214 cm³/mol. The second-order valence-electron chi connectivity index (χ2n) is 13.6. The second-order valence-corrected chi connectivity index (χ2v) is 15.1. The van der Waals surface area contributed by atoms with Crippen molar-refractivity contribution >= 4 is 13.8 Å². The lowest BCUT2D eigenvalue weighted by Crippen LogP contribution is -2.29. The summed E-state index contributed by atoms with van der Waals surface area (Å²) < 4.78 is 33.3. The average molecular weight is 757 g/mol. The summed E-state index contributed by atoms with van der Waals surface area (Å²) in [5.74, 6) is -0.394. The molecular formula is C42H77O9P. The molecule has 0 aliphatic rings. The molecule has 9 nitrogen and oxygen atoms in total. The molecule has 0 heterocycles. The summed E-state index contributed by atoms with van der Waals surface area (Å²) in [6.45, 7) is 3.33. The van der Waals surface area contributed by atoms with Gasteiger partial charge in [-0.05, 0) is 51.4 Å². The molecule has 3 atom stereocenters. The largest absolute Gasteiger partial charge is 0.472 e. The van der Waals surface area contributed by atoms with Gasteiger partial charge < -0.3 is 24.6 Å². The maximum Gasteiger partial charge on any atom is 0.472 e. The summed E-state index contributed by atoms with van der Waals surface area (Å²) in [5, 5.41) is 18.3. The van der Waals surface area contributed by atoms with E-state index >= 15 is 0 Å². The molecule has 0 aliphatic heterocycles. The van der Waals surface area contributed by atoms with Crippen molar-refractivity contribution in [1.29, 1.82) is 0 Å². The number of unbranched alkanes of at least 4 members (excludes halogenated alkanes) is 17. The third kappa shape index (κ3) is 38.2. The lowest BCUT2D eigenvalue weighted by Gasteiger charge is -2.20. The van der Waals surface area contributed by atoms with E-state index in [0.29, 0.717) is 6.61 Å². The topological polar surface area (TPSA) is 132 Å². The standard InChI is InChI=1S/C42H77O9P/c1-3-5-7-9-11-13-15-17-19-21-23-25-27-29-31-33-35-48-38-41(39-50-52(46,47)49-37-40(44)36-43)51-42(45)34-32-30-28-26-24-22-20-18-16-14-12-10-8-6-4-2/h5,7,11,13,17,19,23,25,40-41,43-44H,3-4,6,8-10,12,14-16,18,20-22,24,26-39H2,1-2H3,(H,46,47)/b7-5-,13-11-,19-17-,25-23-. The summed E-state index contributed by atoms with van der Waals surface area (Å²) in [5.41, 5.74) is 0. The minimum absolute atomic E-state index is 0.0285. The molecule has 0 aromatic heterocycles. The lowest BCUT2D eigenvalue weighted by molar-refractivity contribution is -0.154. The first-order valence-electron chi connectivity index (χ1n) is 20.6. The van der Waals surface area contributed by atoms with Crippen LogP contribution in [0.3, 0.4) is 0 Å². The Bertz CT molecular complexity index is 950. The van der Waals surface area contributed by atoms with E-state index in [0.717, 1.165) is 70.6 Å². The number of phosphoric ester groups is 1. The highest BCUT2D eigenvalue weighted by atomic mass is 31.2. The molecule has 0 saturated carbocycles. The zero-order valence-electron chi connectivity index (χ0n) is 33.0. The first kappa shape index (κ1) is 50.4. The van der Waals surface area contributed by atoms with E-state index in [1.165, 1.54) is 77.0 Å². The number of hydrogen-bond acceptors (Lipinski definition) is 8. The molecule has 0 aromatic carbocycles. The van der Waals surface area contributed by atoms with Crippen LogP contribution in [0, 0.1) is 0 Å². The maximum absolute atomic E-state index is 12.6. The van der Waals surface area contributed by atoms with Crippen LogP contribution in [0.15, 0.2) is 48.6 Å². The van der Waals surface area contributed by atoms with E-state index in [1.54, 1.807) is 0 Å². The predicted octanol–water partition coefficient (Wildman–Crippen LogP) is 11.0. The molecule has 0 radical (unpaired) electrons. The first-order chi connectivity index (χ1) is 25.3. The van der Waals surface area contributed by atoms with Crippen LogP contribution in [0.4, 0.5) is 0 Å². The van der Waals surface area contributed by atoms with Crippen molar-refractivity contribution in [2.75, 3.05) is 33.0 Å². The molecule has 10 heteroatoms. The van der Waals surface area contributed by atoms with Crippen LogP contribution in [0.5, 0.6) is 0 Å². The highest BCUT2D eigenvalue weighted by Gasteiger charge is 2.26. The Balaban J connectivity index is 4.25. The Labute approximate surface area is 317 Å². The molecule has 0 aromatic rings. The fourth-order valence-electron chi connectivity index (χ4n) is 5.40. The van der Waals surface area contributed by atoms with Crippen molar-refractivity contribution in [3.05, 3.63) is 48.6 Å². The number of carbonyl (C=O) groups excluding carboxylic acids is 1. The first-order valence-corrected chi connectivity index (χ1v) is 22.1. The van der Waals surface area contributed by atoms with Crippen molar-refractivity contribution in [2.24, 2.45) is 0 Å². The number of phosphoric acid groups is 1. The lowest BCUT2D eigenvalue weighted by atomic mass is 10.0. The van der Waals surface area contributed by atoms with Gasteiger partial charge in [-0.3, -0.25) is 13.8 Å². The quantitative estimate of drug-likeness (QED) is 0.0243. The smallest absolute Gasteiger partial charge is 0.457 e. The highest BCUT2D eigenvalue weighted by Crippen LogP contribution is 2.43. The molecule has 0 rings (SSSR count). The Morgan fingerprint density at radius 1 is 0.615 bits per heavy atom. The van der Waals surface area contributed by atoms with Crippen molar-refractivity contribution in [1.82, 2.24) is 0 Å². The van der Waals surface area contributed by atoms with Gasteiger partial charge in [-0.15, -0.1) is 0 Å². The molecule has 304 valence electrons. The van der Waals surface area contributed by atoms with Gasteiger partial charge in [0, 0.05) is 13.0 Å². The van der Waals surface area contributed by atoms with Gasteiger partial charge in [0.1, 0.15) is 12.2 Å². The number of rotatable bonds is 39. The Kier molecular flexibility index (Phi) is 37.9. The molecule has 0 aliphatic carbocycles. The number of ether oxygens (including phenoxy) is 2. The minimum Gasteiger partial charge on any atom is -0.457 e. The molecule has 3 N–H and O–H groups in total. The van der Waals surface area contributed by atoms with Crippen molar-refractivity contribution < 1.29 is 43.0 Å². The second kappa shape index (κ2) is 39.1. The third-order valence-electron chi connectivity index (χ3n) is 8.53. The van der Waals surface area contributed by atoms with Crippen LogP contribution in [-0.2, 0) is 27.9 Å². The Hall–Kier alpha value is -1.58. The number of esters is 1. The van der Waals surface area contributed by atoms with Crippen LogP contribution >= 0.6 is 7.82 Å². The van der Waals surface area contributed by atoms with E-state index in [9.17, 15) is 19.4 Å². The van der Waals surface area contributed by atoms with Gasteiger partial charge in [0.05, 0.1) is 26.4 Å². The number of aliphatic hydroxyl groups excluding tert-OH is 2. The normalized spacial score (nSPS) is 14.6. The van der Waals surface area contributed by atoms with Gasteiger partial charge in [0.25, 0.3) is 0 Å². The van der Waals surface area contributed by atoms with E-state index in [2.05, 4.69) is 62.5 Å². The summed E-state index contributed by atoms with van der Waals surface area (Å²) in [6.07, 6.45) is 42.1. The fraction of sp³-hybridized carbons (Fsp3) is 0.786. The summed E-state index contributed by atoms with van der Waals surface area (Å²) >= 11 is 0. The summed E-state index contributed by atoms with van der Waals surface area (Å²) in [7, 11) is -4.52. The molecule has 0 bridgehead atoms. The van der Waals surface area contributed by atoms with E-state index in [4.69, 9.17) is 23.6 Å². The molecule has 0 saturated heterocycles. The zero-order valence-corrected chi connectivity index (χ0v) is 33.9. The molecule has 0 amide bonds. The van der Waals surface area contributed by atoms with Gasteiger partial charge in [-0.2, -0.15) is 0 Å². The van der Waals surface area contributed by atoms with Gasteiger partial charge in [0.15, 0.2) is 0 Å². The monoisotopic (exact) mass is 757 g/mol. The number of aliphatic hydroxyl groups is 2. The van der Waals surface area contributed by atoms with Crippen molar-refractivity contribution in [3.8, 4) is 0 Å². The van der Waals surface area contributed by atoms with E-state index in [1.807, 2.05) is 0 Å². The third-order valence-corrected chi connectivity index (χ3v) is 9.48. The molecule has 3 unspecified atom stereocenters. The van der Waals surface area contributed by atoms with Gasteiger partial charge >= 0.3 is 13.8 Å². The highest BCUT2D eigenvalue weighted by molar-refractivity contribution is 7.47. The average Bonchev–Trinajstić information content (AvgIpc) is 3.13. The number of carbonyl (C=O) groups is 1. The number of hydrogen-bond donors (Lipinski definition) is 3. The van der Waals surface area contributed by atoms with Gasteiger partial charge in [0.2, 0.25) is 0 Å². The molecule has 0 spiro atoms. The van der Waals surface area contributed by atoms with Gasteiger partial charge in [-0.1, -0.05) is 159 Å². The van der Waals surface area contributed by atoms with Crippen molar-refractivity contribution in [3.63, 3.8) is 0 Å². The van der Waals surface area contributed by atoms with Crippen LogP contribution in [0.25, 0.3) is 0 Å². The Morgan fingerprint density at radius 2 is 1.10 bits per heavy atom. The van der Waals surface area contributed by atoms with Crippen LogP contribution in [0.1, 0.15) is 168 Å². The summed E-state index contributed by atoms with van der Waals surface area (Å²) in [6, 6.07) is 0. The SMILES string of the molecule is CC/C=C\C/C=C\C/C=C\C/C=C\CCCCCOCC(COP(=O)(O)OCC(O)CO)OC(=O)CCCCCCCCCCCCCCCCC. The van der Waals surface area contributed by atoms with E-state index < -0.39 is 39.2 Å². The fourth-order valence-corrected chi connectivity index (χ4v) is 6.19. The minimum atomic E-state index is -4.52. The zero-order chi connectivity index (χ0) is 38.2. The van der Waals surface area contributed by atoms with Gasteiger partial charge in [-0.25, -0.2) is 4.57 Å².